The monoisotopic (exact) mass is 400 g/mol. The topological polar surface area (TPSA) is 69.0 Å². The molecule has 0 aliphatic heterocycles. The molecule has 0 radical (unpaired) electrons. The van der Waals surface area contributed by atoms with Gasteiger partial charge in [-0.3, -0.25) is 4.79 Å². The molecule has 0 aliphatic carbocycles. The summed E-state index contributed by atoms with van der Waals surface area (Å²) in [5, 5.41) is 8.23. The van der Waals surface area contributed by atoms with Gasteiger partial charge in [-0.05, 0) is 37.6 Å². The van der Waals surface area contributed by atoms with Crippen LogP contribution in [0.15, 0.2) is 66.9 Å². The molecule has 0 saturated heterocycles. The van der Waals surface area contributed by atoms with E-state index in [1.807, 2.05) is 79.2 Å². The normalized spacial score (nSPS) is 11.1. The lowest BCUT2D eigenvalue weighted by atomic mass is 10.1. The number of rotatable bonds is 6. The second-order valence-corrected chi connectivity index (χ2v) is 7.37. The number of fused-ring (bicyclic) bond motifs is 1. The number of benzene rings is 2. The quantitative estimate of drug-likeness (QED) is 0.513. The Morgan fingerprint density at radius 2 is 1.83 bits per heavy atom. The molecule has 2 aromatic heterocycles. The fraction of sp³-hybridized carbons (Fsp3) is 0.208. The summed E-state index contributed by atoms with van der Waals surface area (Å²) < 4.78 is 7.03. The third-order valence-electron chi connectivity index (χ3n) is 4.98. The first kappa shape index (κ1) is 19.6. The molecular weight excluding hydrogens is 376 g/mol. The largest absolute Gasteiger partial charge is 0.497 e. The molecule has 6 heteroatoms. The van der Waals surface area contributed by atoms with Gasteiger partial charge in [0.1, 0.15) is 5.75 Å². The van der Waals surface area contributed by atoms with Crippen molar-refractivity contribution in [2.45, 2.75) is 26.4 Å². The van der Waals surface area contributed by atoms with E-state index in [1.54, 1.807) is 13.3 Å². The first-order valence-electron chi connectivity index (χ1n) is 9.91. The minimum atomic E-state index is -0.154. The Morgan fingerprint density at radius 1 is 1.10 bits per heavy atom. The fourth-order valence-electron chi connectivity index (χ4n) is 3.36. The van der Waals surface area contributed by atoms with Crippen molar-refractivity contribution < 1.29 is 9.53 Å². The average molecular weight is 400 g/mol. The third-order valence-corrected chi connectivity index (χ3v) is 4.98. The highest BCUT2D eigenvalue weighted by Crippen LogP contribution is 2.26. The van der Waals surface area contributed by atoms with Crippen molar-refractivity contribution in [1.29, 1.82) is 0 Å². The van der Waals surface area contributed by atoms with E-state index in [1.165, 1.54) is 0 Å². The van der Waals surface area contributed by atoms with Crippen molar-refractivity contribution in [2.75, 3.05) is 7.11 Å². The molecule has 4 rings (SSSR count). The summed E-state index contributed by atoms with van der Waals surface area (Å²) in [5.41, 5.74) is 3.98. The van der Waals surface area contributed by atoms with Crippen LogP contribution >= 0.6 is 0 Å². The van der Waals surface area contributed by atoms with Crippen molar-refractivity contribution in [1.82, 2.24) is 20.1 Å². The van der Waals surface area contributed by atoms with Gasteiger partial charge in [-0.15, -0.1) is 0 Å². The maximum Gasteiger partial charge on any atom is 0.252 e. The Kier molecular flexibility index (Phi) is 5.48. The van der Waals surface area contributed by atoms with Gasteiger partial charge in [-0.2, -0.15) is 5.10 Å². The molecule has 0 bridgehead atoms. The molecule has 0 spiro atoms. The van der Waals surface area contributed by atoms with Gasteiger partial charge in [0.05, 0.1) is 30.0 Å². The Bertz CT molecular complexity index is 1170. The molecule has 1 amide bonds. The predicted molar refractivity (Wildman–Crippen MR) is 118 cm³/mol. The van der Waals surface area contributed by atoms with Crippen molar-refractivity contribution in [2.24, 2.45) is 0 Å². The van der Waals surface area contributed by atoms with Gasteiger partial charge in [0.15, 0.2) is 5.65 Å². The average Bonchev–Trinajstić information content (AvgIpc) is 3.22. The number of hydrogen-bond donors (Lipinski definition) is 1. The van der Waals surface area contributed by atoms with Crippen molar-refractivity contribution in [3.05, 3.63) is 78.0 Å². The van der Waals surface area contributed by atoms with Crippen LogP contribution < -0.4 is 10.1 Å². The van der Waals surface area contributed by atoms with Gasteiger partial charge in [-0.25, -0.2) is 9.67 Å². The lowest BCUT2D eigenvalue weighted by molar-refractivity contribution is 0.0952. The number of pyridine rings is 1. The van der Waals surface area contributed by atoms with Gasteiger partial charge in [0.25, 0.3) is 5.91 Å². The van der Waals surface area contributed by atoms with Gasteiger partial charge in [0, 0.05) is 18.2 Å². The standard InChI is InChI=1S/C24H24N4O2/c1-16(2)28-23-21(15-26-28)20(13-22(27-23)18-7-5-4-6-8-18)24(29)25-14-17-9-11-19(30-3)12-10-17/h4-13,15-16H,14H2,1-3H3,(H,25,29). The van der Waals surface area contributed by atoms with Crippen molar-refractivity contribution >= 4 is 16.9 Å². The van der Waals surface area contributed by atoms with E-state index in [2.05, 4.69) is 10.4 Å². The van der Waals surface area contributed by atoms with Crippen LogP contribution in [-0.4, -0.2) is 27.8 Å². The van der Waals surface area contributed by atoms with E-state index in [0.29, 0.717) is 17.8 Å². The molecule has 0 atom stereocenters. The Morgan fingerprint density at radius 3 is 2.50 bits per heavy atom. The highest BCUT2D eigenvalue weighted by atomic mass is 16.5. The summed E-state index contributed by atoms with van der Waals surface area (Å²) in [5.74, 6) is 0.633. The van der Waals surface area contributed by atoms with E-state index in [-0.39, 0.29) is 11.9 Å². The van der Waals surface area contributed by atoms with Crippen LogP contribution in [0, 0.1) is 0 Å². The molecule has 30 heavy (non-hydrogen) atoms. The van der Waals surface area contributed by atoms with E-state index >= 15 is 0 Å². The molecule has 0 unspecified atom stereocenters. The number of amides is 1. The molecule has 152 valence electrons. The Hall–Kier alpha value is -3.67. The van der Waals surface area contributed by atoms with Crippen molar-refractivity contribution in [3.8, 4) is 17.0 Å². The second kappa shape index (κ2) is 8.37. The zero-order valence-electron chi connectivity index (χ0n) is 17.3. The Labute approximate surface area is 175 Å². The molecule has 4 aromatic rings. The van der Waals surface area contributed by atoms with Crippen LogP contribution in [-0.2, 0) is 6.54 Å². The zero-order chi connectivity index (χ0) is 21.1. The number of aromatic nitrogens is 3. The smallest absolute Gasteiger partial charge is 0.252 e. The van der Waals surface area contributed by atoms with Crippen molar-refractivity contribution in [3.63, 3.8) is 0 Å². The van der Waals surface area contributed by atoms with Crippen LogP contribution in [0.2, 0.25) is 0 Å². The summed E-state index contributed by atoms with van der Waals surface area (Å²) in [6.07, 6.45) is 1.72. The summed E-state index contributed by atoms with van der Waals surface area (Å²) in [6.45, 7) is 4.52. The molecule has 0 aliphatic rings. The summed E-state index contributed by atoms with van der Waals surface area (Å²) in [4.78, 5) is 17.9. The first-order chi connectivity index (χ1) is 14.6. The van der Waals surface area contributed by atoms with Crippen LogP contribution in [0.3, 0.4) is 0 Å². The second-order valence-electron chi connectivity index (χ2n) is 7.37. The SMILES string of the molecule is COc1ccc(CNC(=O)c2cc(-c3ccccc3)nc3c2cnn3C(C)C)cc1. The van der Waals surface area contributed by atoms with Crippen LogP contribution in [0.1, 0.15) is 35.8 Å². The minimum absolute atomic E-state index is 0.135. The molecule has 0 fully saturated rings. The zero-order valence-corrected chi connectivity index (χ0v) is 17.3. The number of carbonyl (C=O) groups is 1. The van der Waals surface area contributed by atoms with Gasteiger partial charge >= 0.3 is 0 Å². The van der Waals surface area contributed by atoms with Crippen LogP contribution in [0.4, 0.5) is 0 Å². The van der Waals surface area contributed by atoms with Crippen LogP contribution in [0.5, 0.6) is 5.75 Å². The molecular formula is C24H24N4O2. The number of carbonyl (C=O) groups excluding carboxylic acids is 1. The first-order valence-corrected chi connectivity index (χ1v) is 9.91. The number of ether oxygens (including phenoxy) is 1. The highest BCUT2D eigenvalue weighted by Gasteiger charge is 2.18. The molecule has 6 nitrogen and oxygen atoms in total. The van der Waals surface area contributed by atoms with Gasteiger partial charge in [0.2, 0.25) is 0 Å². The lowest BCUT2D eigenvalue weighted by Crippen LogP contribution is -2.23. The minimum Gasteiger partial charge on any atom is -0.497 e. The van der Waals surface area contributed by atoms with E-state index in [9.17, 15) is 4.79 Å². The van der Waals surface area contributed by atoms with Crippen LogP contribution in [0.25, 0.3) is 22.3 Å². The summed E-state index contributed by atoms with van der Waals surface area (Å²) >= 11 is 0. The molecule has 2 heterocycles. The molecule has 2 aromatic carbocycles. The summed E-state index contributed by atoms with van der Waals surface area (Å²) in [6, 6.07) is 19.5. The van der Waals surface area contributed by atoms with Gasteiger partial charge < -0.3 is 10.1 Å². The number of nitrogens with zero attached hydrogens (tertiary/aromatic N) is 3. The highest BCUT2D eigenvalue weighted by molar-refractivity contribution is 6.06. The van der Waals surface area contributed by atoms with Gasteiger partial charge in [-0.1, -0.05) is 42.5 Å². The van der Waals surface area contributed by atoms with E-state index < -0.39 is 0 Å². The third kappa shape index (κ3) is 3.89. The number of hydrogen-bond acceptors (Lipinski definition) is 4. The molecule has 0 saturated carbocycles. The predicted octanol–water partition coefficient (Wildman–Crippen LogP) is 4.62. The number of nitrogens with one attached hydrogen (secondary N) is 1. The maximum absolute atomic E-state index is 13.1. The maximum atomic E-state index is 13.1. The lowest BCUT2D eigenvalue weighted by Gasteiger charge is -2.11. The Balaban J connectivity index is 1.70. The fourth-order valence-corrected chi connectivity index (χ4v) is 3.36. The summed E-state index contributed by atoms with van der Waals surface area (Å²) in [7, 11) is 1.63. The molecule has 1 N–H and O–H groups in total. The number of methoxy groups -OCH3 is 1. The van der Waals surface area contributed by atoms with E-state index in [0.717, 1.165) is 28.0 Å². The van der Waals surface area contributed by atoms with E-state index in [4.69, 9.17) is 9.72 Å².